The number of rotatable bonds is 7. The molecule has 11 nitrogen and oxygen atoms in total. The lowest BCUT2D eigenvalue weighted by Gasteiger charge is -2.33. The molecule has 0 saturated carbocycles. The van der Waals surface area contributed by atoms with E-state index in [1.165, 1.54) is 0 Å². The van der Waals surface area contributed by atoms with Gasteiger partial charge in [-0.15, -0.1) is 0 Å². The summed E-state index contributed by atoms with van der Waals surface area (Å²) in [4.78, 5) is 35.7. The van der Waals surface area contributed by atoms with Crippen LogP contribution in [-0.2, 0) is 20.9 Å². The predicted octanol–water partition coefficient (Wildman–Crippen LogP) is 0.880. The van der Waals surface area contributed by atoms with Crippen molar-refractivity contribution in [1.82, 2.24) is 19.7 Å². The molecule has 2 bridgehead atoms. The highest BCUT2D eigenvalue weighted by atomic mass is 16.5. The van der Waals surface area contributed by atoms with Crippen molar-refractivity contribution in [1.29, 1.82) is 0 Å². The molecule has 4 heterocycles. The second kappa shape index (κ2) is 8.99. The van der Waals surface area contributed by atoms with E-state index >= 15 is 0 Å². The van der Waals surface area contributed by atoms with Gasteiger partial charge in [0.25, 0.3) is 0 Å². The summed E-state index contributed by atoms with van der Waals surface area (Å²) in [7, 11) is 0. The maximum Gasteiger partial charge on any atom is 0.238 e. The molecule has 3 aromatic rings. The number of nitrogens with one attached hydrogen (secondary N) is 1. The molecule has 5 N–H and O–H groups in total. The zero-order chi connectivity index (χ0) is 23.8. The topological polar surface area (TPSA) is 154 Å². The van der Waals surface area contributed by atoms with Crippen LogP contribution in [0.4, 0.5) is 11.5 Å². The van der Waals surface area contributed by atoms with E-state index in [0.29, 0.717) is 18.1 Å². The number of aromatic nitrogens is 4. The molecule has 3 atom stereocenters. The van der Waals surface area contributed by atoms with Gasteiger partial charge in [0.15, 0.2) is 11.5 Å². The minimum absolute atomic E-state index is 0.149. The molecule has 5 rings (SSSR count). The third kappa shape index (κ3) is 4.08. The molecule has 2 saturated heterocycles. The molecular weight excluding hydrogens is 436 g/mol. The average Bonchev–Trinajstić information content (AvgIpc) is 3.40. The molecule has 2 aliphatic rings. The standard InChI is InChI=1S/C23H28N8O3/c1-2-31-22-18(10-26-31)21(30-11-15-7-8-16(12-30)34-15)28-20(29-22)13-3-5-14(6-4-13)27-23(33)17(9-24)19(25)32/h3-6,10,15-17H,2,7-9,11-12,24H2,1H3,(H2,25,32)(H,27,33). The van der Waals surface area contributed by atoms with Crippen molar-refractivity contribution in [2.75, 3.05) is 29.9 Å². The van der Waals surface area contributed by atoms with Gasteiger partial charge in [0.2, 0.25) is 11.8 Å². The number of carbonyl (C=O) groups is 2. The van der Waals surface area contributed by atoms with Gasteiger partial charge < -0.3 is 26.4 Å². The Morgan fingerprint density at radius 2 is 1.88 bits per heavy atom. The summed E-state index contributed by atoms with van der Waals surface area (Å²) in [5, 5.41) is 8.11. The highest BCUT2D eigenvalue weighted by Crippen LogP contribution is 2.33. The molecule has 0 spiro atoms. The Balaban J connectivity index is 1.46. The number of anilines is 2. The number of nitrogens with zero attached hydrogens (tertiary/aromatic N) is 5. The van der Waals surface area contributed by atoms with Gasteiger partial charge in [0.1, 0.15) is 11.7 Å². The van der Waals surface area contributed by atoms with Crippen molar-refractivity contribution in [3.8, 4) is 11.4 Å². The lowest BCUT2D eigenvalue weighted by atomic mass is 10.1. The van der Waals surface area contributed by atoms with Crippen LogP contribution in [0.25, 0.3) is 22.4 Å². The summed E-state index contributed by atoms with van der Waals surface area (Å²) in [6.45, 7) is 4.17. The maximum absolute atomic E-state index is 12.3. The van der Waals surface area contributed by atoms with Crippen LogP contribution in [0.3, 0.4) is 0 Å². The van der Waals surface area contributed by atoms with Crippen molar-refractivity contribution < 1.29 is 14.3 Å². The summed E-state index contributed by atoms with van der Waals surface area (Å²) in [5.41, 5.74) is 12.8. The maximum atomic E-state index is 12.3. The Kier molecular flexibility index (Phi) is 5.88. The number of fused-ring (bicyclic) bond motifs is 3. The van der Waals surface area contributed by atoms with Crippen LogP contribution in [0, 0.1) is 5.92 Å². The molecular formula is C23H28N8O3. The monoisotopic (exact) mass is 464 g/mol. The number of nitrogens with two attached hydrogens (primary N) is 2. The Morgan fingerprint density at radius 3 is 2.50 bits per heavy atom. The first kappa shape index (κ1) is 22.2. The highest BCUT2D eigenvalue weighted by molar-refractivity contribution is 6.06. The van der Waals surface area contributed by atoms with Gasteiger partial charge in [0.05, 0.1) is 23.8 Å². The SMILES string of the molecule is CCn1ncc2c(N3CC4CCC(C3)O4)nc(-c3ccc(NC(=O)C(CN)C(N)=O)cc3)nc21. The largest absolute Gasteiger partial charge is 0.371 e. The third-order valence-corrected chi connectivity index (χ3v) is 6.43. The molecule has 1 aromatic carbocycles. The fourth-order valence-electron chi connectivity index (χ4n) is 4.61. The van der Waals surface area contributed by atoms with E-state index in [2.05, 4.69) is 15.3 Å². The molecule has 0 radical (unpaired) electrons. The molecule has 2 amide bonds. The van der Waals surface area contributed by atoms with E-state index in [-0.39, 0.29) is 18.8 Å². The van der Waals surface area contributed by atoms with Crippen LogP contribution in [0.1, 0.15) is 19.8 Å². The minimum atomic E-state index is -1.08. The summed E-state index contributed by atoms with van der Waals surface area (Å²) < 4.78 is 7.88. The molecule has 2 aromatic heterocycles. The summed E-state index contributed by atoms with van der Waals surface area (Å²) in [5.74, 6) is -0.923. The zero-order valence-electron chi connectivity index (χ0n) is 19.0. The van der Waals surface area contributed by atoms with Crippen molar-refractivity contribution in [2.45, 2.75) is 38.5 Å². The number of morpholine rings is 1. The number of hydrogen-bond donors (Lipinski definition) is 3. The van der Waals surface area contributed by atoms with Gasteiger partial charge in [-0.3, -0.25) is 9.59 Å². The lowest BCUT2D eigenvalue weighted by molar-refractivity contribution is -0.130. The van der Waals surface area contributed by atoms with Gasteiger partial charge in [-0.25, -0.2) is 14.6 Å². The minimum Gasteiger partial charge on any atom is -0.371 e. The van der Waals surface area contributed by atoms with Gasteiger partial charge in [-0.05, 0) is 44.0 Å². The summed E-state index contributed by atoms with van der Waals surface area (Å²) in [6, 6.07) is 7.14. The number of ether oxygens (including phenoxy) is 1. The number of benzene rings is 1. The number of aryl methyl sites for hydroxylation is 1. The fraction of sp³-hybridized carbons (Fsp3) is 0.435. The van der Waals surface area contributed by atoms with Crippen LogP contribution >= 0.6 is 0 Å². The molecule has 2 aliphatic heterocycles. The first-order chi connectivity index (χ1) is 16.5. The van der Waals surface area contributed by atoms with E-state index in [9.17, 15) is 9.59 Å². The Hall–Kier alpha value is -3.57. The van der Waals surface area contributed by atoms with Crippen LogP contribution in [-0.4, -0.2) is 63.4 Å². The van der Waals surface area contributed by atoms with Crippen LogP contribution < -0.4 is 21.7 Å². The smallest absolute Gasteiger partial charge is 0.238 e. The average molecular weight is 465 g/mol. The Morgan fingerprint density at radius 1 is 1.18 bits per heavy atom. The van der Waals surface area contributed by atoms with Crippen LogP contribution in [0.2, 0.25) is 0 Å². The first-order valence-corrected chi connectivity index (χ1v) is 11.5. The van der Waals surface area contributed by atoms with Gasteiger partial charge in [0, 0.05) is 37.4 Å². The number of amides is 2. The Bertz CT molecular complexity index is 1210. The number of carbonyl (C=O) groups excluding carboxylic acids is 2. The molecule has 34 heavy (non-hydrogen) atoms. The van der Waals surface area contributed by atoms with Crippen LogP contribution in [0.5, 0.6) is 0 Å². The van der Waals surface area contributed by atoms with E-state index in [0.717, 1.165) is 48.3 Å². The molecule has 178 valence electrons. The third-order valence-electron chi connectivity index (χ3n) is 6.43. The summed E-state index contributed by atoms with van der Waals surface area (Å²) >= 11 is 0. The van der Waals surface area contributed by atoms with Gasteiger partial charge in [-0.1, -0.05) is 0 Å². The quantitative estimate of drug-likeness (QED) is 0.435. The van der Waals surface area contributed by atoms with Crippen molar-refractivity contribution >= 4 is 34.4 Å². The van der Waals surface area contributed by atoms with Crippen LogP contribution in [0.15, 0.2) is 30.5 Å². The number of hydrogen-bond acceptors (Lipinski definition) is 8. The predicted molar refractivity (Wildman–Crippen MR) is 127 cm³/mol. The molecule has 0 aliphatic carbocycles. The van der Waals surface area contributed by atoms with E-state index in [1.54, 1.807) is 12.1 Å². The normalized spacial score (nSPS) is 20.5. The lowest BCUT2D eigenvalue weighted by Crippen LogP contribution is -2.43. The van der Waals surface area contributed by atoms with E-state index < -0.39 is 17.7 Å². The van der Waals surface area contributed by atoms with Crippen molar-refractivity contribution in [3.05, 3.63) is 30.5 Å². The van der Waals surface area contributed by atoms with Gasteiger partial charge in [-0.2, -0.15) is 5.10 Å². The van der Waals surface area contributed by atoms with Crippen molar-refractivity contribution in [2.24, 2.45) is 17.4 Å². The Labute approximate surface area is 196 Å². The van der Waals surface area contributed by atoms with E-state index in [1.807, 2.05) is 29.9 Å². The highest BCUT2D eigenvalue weighted by Gasteiger charge is 2.35. The van der Waals surface area contributed by atoms with Gasteiger partial charge >= 0.3 is 0 Å². The van der Waals surface area contributed by atoms with E-state index in [4.69, 9.17) is 26.2 Å². The molecule has 11 heteroatoms. The second-order valence-electron chi connectivity index (χ2n) is 8.69. The summed E-state index contributed by atoms with van der Waals surface area (Å²) in [6.07, 6.45) is 4.44. The first-order valence-electron chi connectivity index (χ1n) is 11.5. The zero-order valence-corrected chi connectivity index (χ0v) is 19.0. The van der Waals surface area contributed by atoms with Crippen molar-refractivity contribution in [3.63, 3.8) is 0 Å². The molecule has 2 fully saturated rings. The number of primary amides is 1. The second-order valence-corrected chi connectivity index (χ2v) is 8.69. The fourth-order valence-corrected chi connectivity index (χ4v) is 4.61. The molecule has 3 unspecified atom stereocenters.